The fraction of sp³-hybridized carbons (Fsp3) is 0.577. The van der Waals surface area contributed by atoms with Gasteiger partial charge in [-0.05, 0) is 61.8 Å². The molecule has 0 radical (unpaired) electrons. The van der Waals surface area contributed by atoms with E-state index >= 15 is 0 Å². The van der Waals surface area contributed by atoms with Crippen LogP contribution < -0.4 is 0 Å². The summed E-state index contributed by atoms with van der Waals surface area (Å²) >= 11 is 0. The highest BCUT2D eigenvalue weighted by molar-refractivity contribution is 5.99. The molecule has 4 nitrogen and oxygen atoms in total. The Morgan fingerprint density at radius 3 is 2.73 bits per heavy atom. The molecule has 2 heterocycles. The first-order valence-electron chi connectivity index (χ1n) is 12.0. The maximum atomic E-state index is 13.4. The predicted octanol–water partition coefficient (Wildman–Crippen LogP) is 4.86. The predicted molar refractivity (Wildman–Crippen MR) is 123 cm³/mol. The van der Waals surface area contributed by atoms with Gasteiger partial charge in [-0.25, -0.2) is 0 Å². The zero-order valence-electron chi connectivity index (χ0n) is 18.5. The third-order valence-electron chi connectivity index (χ3n) is 7.73. The van der Waals surface area contributed by atoms with E-state index < -0.39 is 0 Å². The molecule has 0 saturated heterocycles. The number of H-pyrrole nitrogens is 1. The van der Waals surface area contributed by atoms with Gasteiger partial charge in [0.1, 0.15) is 0 Å². The Balaban J connectivity index is 1.53. The van der Waals surface area contributed by atoms with Gasteiger partial charge in [0, 0.05) is 49.3 Å². The molecule has 1 N–H and O–H groups in total. The van der Waals surface area contributed by atoms with Crippen LogP contribution in [0.2, 0.25) is 0 Å². The molecular weight excluding hydrogens is 370 g/mol. The number of carbonyl (C=O) groups excluding carboxylic acids is 1. The van der Waals surface area contributed by atoms with E-state index in [4.69, 9.17) is 0 Å². The second-order valence-corrected chi connectivity index (χ2v) is 9.46. The van der Waals surface area contributed by atoms with Crippen molar-refractivity contribution >= 4 is 22.4 Å². The van der Waals surface area contributed by atoms with Gasteiger partial charge >= 0.3 is 0 Å². The molecule has 0 spiro atoms. The second-order valence-electron chi connectivity index (χ2n) is 9.46. The lowest BCUT2D eigenvalue weighted by molar-refractivity contribution is -0.134. The molecule has 1 aromatic carbocycles. The molecule has 0 bridgehead atoms. The summed E-state index contributed by atoms with van der Waals surface area (Å²) in [5, 5.41) is 1.37. The number of nitrogens with zero attached hydrogens (tertiary/aromatic N) is 2. The number of carbonyl (C=O) groups is 1. The Hall–Kier alpha value is -2.07. The van der Waals surface area contributed by atoms with E-state index in [-0.39, 0.29) is 5.92 Å². The Labute approximate surface area is 180 Å². The maximum Gasteiger partial charge on any atom is 0.230 e. The van der Waals surface area contributed by atoms with Crippen LogP contribution in [0.25, 0.3) is 16.5 Å². The minimum atomic E-state index is -0.0320. The highest BCUT2D eigenvalue weighted by Gasteiger charge is 2.38. The summed E-state index contributed by atoms with van der Waals surface area (Å²) in [5.74, 6) is 1.05. The van der Waals surface area contributed by atoms with E-state index in [9.17, 15) is 4.79 Å². The molecule has 2 aliphatic carbocycles. The number of hydrogen-bond acceptors (Lipinski definition) is 2. The monoisotopic (exact) mass is 405 g/mol. The average molecular weight is 406 g/mol. The number of fused-ring (bicyclic) bond motifs is 2. The molecule has 2 aromatic rings. The Morgan fingerprint density at radius 1 is 1.17 bits per heavy atom. The average Bonchev–Trinajstić information content (AvgIpc) is 3.20. The molecule has 160 valence electrons. The standard InChI is InChI=1S/C26H35N3O/c1-3-28(4-2)26(30)20-13-22-21-11-8-12-23-25(21)19(15-27-23)14-24(22)29(17-20)16-18-9-6-5-7-10-18/h8,11-13,15,18,20,24,27H,3-7,9-10,14,16-17H2,1-2H3/t20-,24+/m0/s1. The lowest BCUT2D eigenvalue weighted by atomic mass is 9.78. The van der Waals surface area contributed by atoms with Crippen LogP contribution >= 0.6 is 0 Å². The van der Waals surface area contributed by atoms with Crippen molar-refractivity contribution in [2.24, 2.45) is 11.8 Å². The number of aromatic amines is 1. The molecule has 1 aromatic heterocycles. The first kappa shape index (κ1) is 19.9. The van der Waals surface area contributed by atoms with E-state index in [1.54, 1.807) is 0 Å². The highest BCUT2D eigenvalue weighted by atomic mass is 16.2. The summed E-state index contributed by atoms with van der Waals surface area (Å²) in [7, 11) is 0. The minimum absolute atomic E-state index is 0.0320. The van der Waals surface area contributed by atoms with Gasteiger partial charge in [-0.2, -0.15) is 0 Å². The molecule has 5 rings (SSSR count). The topological polar surface area (TPSA) is 39.3 Å². The number of amides is 1. The number of nitrogens with one attached hydrogen (secondary N) is 1. The van der Waals surface area contributed by atoms with Crippen molar-refractivity contribution < 1.29 is 4.79 Å². The SMILES string of the molecule is CCN(CC)C(=O)[C@H]1C=C2c3cccc4[nH]cc(c34)C[C@H]2N(CC2CCCCC2)C1. The Bertz CT molecular complexity index is 948. The number of aromatic nitrogens is 1. The van der Waals surface area contributed by atoms with Crippen LogP contribution in [-0.2, 0) is 11.2 Å². The van der Waals surface area contributed by atoms with E-state index in [0.717, 1.165) is 38.5 Å². The summed E-state index contributed by atoms with van der Waals surface area (Å²) in [4.78, 5) is 21.5. The van der Waals surface area contributed by atoms with Crippen molar-refractivity contribution in [2.45, 2.75) is 58.4 Å². The molecule has 1 fully saturated rings. The molecule has 1 amide bonds. The summed E-state index contributed by atoms with van der Waals surface area (Å²) in [6.45, 7) is 7.77. The van der Waals surface area contributed by atoms with Gasteiger partial charge in [0.05, 0.1) is 5.92 Å². The highest BCUT2D eigenvalue weighted by Crippen LogP contribution is 2.42. The molecule has 1 aliphatic heterocycles. The van der Waals surface area contributed by atoms with Crippen molar-refractivity contribution in [1.29, 1.82) is 0 Å². The maximum absolute atomic E-state index is 13.4. The van der Waals surface area contributed by atoms with E-state index in [2.05, 4.69) is 54.2 Å². The molecule has 4 heteroatoms. The van der Waals surface area contributed by atoms with E-state index in [1.807, 2.05) is 4.90 Å². The number of rotatable bonds is 5. The fourth-order valence-corrected chi connectivity index (χ4v) is 6.15. The first-order valence-corrected chi connectivity index (χ1v) is 12.0. The lowest BCUT2D eigenvalue weighted by Crippen LogP contribution is -2.50. The van der Waals surface area contributed by atoms with Gasteiger partial charge in [-0.1, -0.05) is 37.5 Å². The Morgan fingerprint density at radius 2 is 1.97 bits per heavy atom. The molecule has 0 unspecified atom stereocenters. The van der Waals surface area contributed by atoms with Gasteiger partial charge in [0.2, 0.25) is 5.91 Å². The van der Waals surface area contributed by atoms with E-state index in [1.165, 1.54) is 59.7 Å². The summed E-state index contributed by atoms with van der Waals surface area (Å²) < 4.78 is 0. The molecule has 1 saturated carbocycles. The van der Waals surface area contributed by atoms with Gasteiger partial charge in [-0.15, -0.1) is 0 Å². The zero-order valence-corrected chi connectivity index (χ0v) is 18.5. The lowest BCUT2D eigenvalue weighted by Gasteiger charge is -2.44. The van der Waals surface area contributed by atoms with E-state index in [0.29, 0.717) is 11.9 Å². The van der Waals surface area contributed by atoms with Crippen molar-refractivity contribution in [1.82, 2.24) is 14.8 Å². The summed E-state index contributed by atoms with van der Waals surface area (Å²) in [5.41, 5.74) is 5.38. The zero-order chi connectivity index (χ0) is 20.7. The van der Waals surface area contributed by atoms with Gasteiger partial charge in [0.15, 0.2) is 0 Å². The minimum Gasteiger partial charge on any atom is -0.361 e. The van der Waals surface area contributed by atoms with Crippen LogP contribution in [0.1, 0.15) is 57.1 Å². The van der Waals surface area contributed by atoms with Crippen LogP contribution in [0.15, 0.2) is 30.5 Å². The molecule has 3 aliphatic rings. The molecular formula is C26H35N3O. The number of benzene rings is 1. The molecule has 2 atom stereocenters. The van der Waals surface area contributed by atoms with Crippen LogP contribution in [0, 0.1) is 11.8 Å². The van der Waals surface area contributed by atoms with Crippen LogP contribution in [0.3, 0.4) is 0 Å². The number of hydrogen-bond donors (Lipinski definition) is 1. The van der Waals surface area contributed by atoms with Crippen molar-refractivity contribution in [3.05, 3.63) is 41.6 Å². The van der Waals surface area contributed by atoms with Crippen LogP contribution in [0.5, 0.6) is 0 Å². The fourth-order valence-electron chi connectivity index (χ4n) is 6.15. The van der Waals surface area contributed by atoms with Crippen molar-refractivity contribution in [3.8, 4) is 0 Å². The van der Waals surface area contributed by atoms with Crippen molar-refractivity contribution in [3.63, 3.8) is 0 Å². The van der Waals surface area contributed by atoms with Crippen LogP contribution in [0.4, 0.5) is 0 Å². The molecule has 30 heavy (non-hydrogen) atoms. The van der Waals surface area contributed by atoms with Crippen molar-refractivity contribution in [2.75, 3.05) is 26.2 Å². The summed E-state index contributed by atoms with van der Waals surface area (Å²) in [6.07, 6.45) is 12.4. The quantitative estimate of drug-likeness (QED) is 0.772. The van der Waals surface area contributed by atoms with Gasteiger partial charge in [0.25, 0.3) is 0 Å². The van der Waals surface area contributed by atoms with Gasteiger partial charge in [-0.3, -0.25) is 9.69 Å². The van der Waals surface area contributed by atoms with Gasteiger partial charge < -0.3 is 9.88 Å². The second kappa shape index (κ2) is 8.22. The van der Waals surface area contributed by atoms with Crippen LogP contribution in [-0.4, -0.2) is 52.9 Å². The normalized spacial score (nSPS) is 24.5. The summed E-state index contributed by atoms with van der Waals surface area (Å²) in [6, 6.07) is 7.00. The third kappa shape index (κ3) is 3.39. The Kier molecular flexibility index (Phi) is 5.44. The smallest absolute Gasteiger partial charge is 0.230 e. The third-order valence-corrected chi connectivity index (χ3v) is 7.73. The largest absolute Gasteiger partial charge is 0.361 e. The first-order chi connectivity index (χ1) is 14.7.